The molecule has 7 nitrogen and oxygen atoms in total. The Bertz CT molecular complexity index is 1040. The summed E-state index contributed by atoms with van der Waals surface area (Å²) in [4.78, 5) is 26.3. The van der Waals surface area contributed by atoms with Gasteiger partial charge in [0.2, 0.25) is 5.95 Å². The molecule has 0 atom stereocenters. The van der Waals surface area contributed by atoms with Gasteiger partial charge in [-0.1, -0.05) is 12.5 Å². The Balaban J connectivity index is 1.17. The van der Waals surface area contributed by atoms with Gasteiger partial charge in [-0.3, -0.25) is 19.7 Å². The molecular formula is C24H31N5O2S. The van der Waals surface area contributed by atoms with Crippen LogP contribution < -0.4 is 10.9 Å². The number of nitrogens with zero attached hydrogens (tertiary/aromatic N) is 3. The molecule has 0 bridgehead atoms. The quantitative estimate of drug-likeness (QED) is 0.449. The summed E-state index contributed by atoms with van der Waals surface area (Å²) in [5.41, 5.74) is 2.47. The van der Waals surface area contributed by atoms with E-state index >= 15 is 0 Å². The number of likely N-dealkylation sites (tertiary alicyclic amines) is 1. The number of aryl methyl sites for hydroxylation is 1. The van der Waals surface area contributed by atoms with Gasteiger partial charge in [-0.2, -0.15) is 11.8 Å². The molecule has 8 heteroatoms. The lowest BCUT2D eigenvalue weighted by molar-refractivity contribution is 0.204. The predicted octanol–water partition coefficient (Wildman–Crippen LogP) is 3.99. The summed E-state index contributed by atoms with van der Waals surface area (Å²) in [6.45, 7) is 5.94. The number of aromatic nitrogens is 3. The molecule has 0 aliphatic carbocycles. The Morgan fingerprint density at radius 3 is 2.72 bits per heavy atom. The third-order valence-electron chi connectivity index (χ3n) is 5.57. The van der Waals surface area contributed by atoms with E-state index in [1.165, 1.54) is 32.4 Å². The van der Waals surface area contributed by atoms with Crippen molar-refractivity contribution in [3.8, 4) is 0 Å². The molecule has 0 saturated carbocycles. The standard InChI is InChI=1S/C24H31N5O2S/c1-18-5-6-19(14-26-18)13-20-15-27-24(28-23(20)30)25-9-12-32-17-22-8-7-21(31-22)16-29-10-3-2-4-11-29/h5-8,14-15H,2-4,9-13,16-17H2,1H3,(H2,25,27,28,30). The number of pyridine rings is 1. The SMILES string of the molecule is Cc1ccc(Cc2cnc(NCCSCc3ccc(CN4CCCCC4)o3)[nH]c2=O)cn1. The van der Waals surface area contributed by atoms with Crippen molar-refractivity contribution in [1.29, 1.82) is 0 Å². The van der Waals surface area contributed by atoms with Crippen LogP contribution in [0.1, 0.15) is 47.6 Å². The van der Waals surface area contributed by atoms with Gasteiger partial charge in [0.1, 0.15) is 11.5 Å². The number of anilines is 1. The Labute approximate surface area is 193 Å². The van der Waals surface area contributed by atoms with Gasteiger partial charge in [-0.15, -0.1) is 0 Å². The van der Waals surface area contributed by atoms with Crippen LogP contribution in [0.25, 0.3) is 0 Å². The van der Waals surface area contributed by atoms with Gasteiger partial charge >= 0.3 is 0 Å². The van der Waals surface area contributed by atoms with Crippen molar-refractivity contribution >= 4 is 17.7 Å². The molecule has 4 rings (SSSR count). The number of hydrogen-bond acceptors (Lipinski definition) is 7. The van der Waals surface area contributed by atoms with Crippen LogP contribution in [-0.4, -0.2) is 45.2 Å². The lowest BCUT2D eigenvalue weighted by atomic mass is 10.1. The summed E-state index contributed by atoms with van der Waals surface area (Å²) < 4.78 is 5.99. The molecule has 0 amide bonds. The maximum Gasteiger partial charge on any atom is 0.255 e. The number of H-pyrrole nitrogens is 1. The highest BCUT2D eigenvalue weighted by atomic mass is 32.2. The third kappa shape index (κ3) is 6.71. The summed E-state index contributed by atoms with van der Waals surface area (Å²) in [6, 6.07) is 8.12. The summed E-state index contributed by atoms with van der Waals surface area (Å²) >= 11 is 1.80. The average Bonchev–Trinajstić information content (AvgIpc) is 3.24. The number of piperidine rings is 1. The van der Waals surface area contributed by atoms with Crippen molar-refractivity contribution in [2.24, 2.45) is 0 Å². The van der Waals surface area contributed by atoms with Gasteiger partial charge in [0.15, 0.2) is 0 Å². The van der Waals surface area contributed by atoms with Gasteiger partial charge in [0.05, 0.1) is 12.3 Å². The van der Waals surface area contributed by atoms with Crippen molar-refractivity contribution in [1.82, 2.24) is 19.9 Å². The van der Waals surface area contributed by atoms with E-state index in [0.717, 1.165) is 47.4 Å². The first-order valence-electron chi connectivity index (χ1n) is 11.3. The van der Waals surface area contributed by atoms with Gasteiger partial charge in [-0.25, -0.2) is 4.98 Å². The number of aromatic amines is 1. The van der Waals surface area contributed by atoms with Crippen LogP contribution in [0.3, 0.4) is 0 Å². The molecule has 3 aromatic rings. The number of thioether (sulfide) groups is 1. The van der Waals surface area contributed by atoms with Gasteiger partial charge in [-0.05, 0) is 56.6 Å². The van der Waals surface area contributed by atoms with Crippen molar-refractivity contribution in [2.45, 2.75) is 44.9 Å². The third-order valence-corrected chi connectivity index (χ3v) is 6.55. The topological polar surface area (TPSA) is 87.0 Å². The number of furan rings is 1. The molecule has 2 N–H and O–H groups in total. The zero-order valence-corrected chi connectivity index (χ0v) is 19.4. The second-order valence-electron chi connectivity index (χ2n) is 8.25. The zero-order chi connectivity index (χ0) is 22.2. The molecule has 0 aromatic carbocycles. The van der Waals surface area contributed by atoms with E-state index in [-0.39, 0.29) is 5.56 Å². The lowest BCUT2D eigenvalue weighted by Crippen LogP contribution is -2.28. The van der Waals surface area contributed by atoms with Gasteiger partial charge < -0.3 is 9.73 Å². The van der Waals surface area contributed by atoms with Crippen molar-refractivity contribution in [3.05, 3.63) is 75.4 Å². The van der Waals surface area contributed by atoms with Gasteiger partial charge in [0, 0.05) is 42.4 Å². The van der Waals surface area contributed by atoms with E-state index in [2.05, 4.69) is 37.3 Å². The maximum absolute atomic E-state index is 12.4. The Morgan fingerprint density at radius 1 is 1.09 bits per heavy atom. The zero-order valence-electron chi connectivity index (χ0n) is 18.6. The first-order chi connectivity index (χ1) is 15.7. The highest BCUT2D eigenvalue weighted by molar-refractivity contribution is 7.98. The molecule has 170 valence electrons. The molecule has 32 heavy (non-hydrogen) atoms. The van der Waals surface area contributed by atoms with E-state index in [0.29, 0.717) is 17.9 Å². The first kappa shape index (κ1) is 22.6. The minimum Gasteiger partial charge on any atom is -0.464 e. The van der Waals surface area contributed by atoms with E-state index in [1.54, 1.807) is 24.2 Å². The van der Waals surface area contributed by atoms with Crippen molar-refractivity contribution in [3.63, 3.8) is 0 Å². The van der Waals surface area contributed by atoms with Crippen molar-refractivity contribution < 1.29 is 4.42 Å². The highest BCUT2D eigenvalue weighted by Gasteiger charge is 2.12. The van der Waals surface area contributed by atoms with Gasteiger partial charge in [0.25, 0.3) is 5.56 Å². The summed E-state index contributed by atoms with van der Waals surface area (Å²) in [6.07, 6.45) is 7.90. The Kier molecular flexibility index (Phi) is 8.01. The number of rotatable bonds is 10. The lowest BCUT2D eigenvalue weighted by Gasteiger charge is -2.25. The molecule has 1 aliphatic rings. The smallest absolute Gasteiger partial charge is 0.255 e. The normalized spacial score (nSPS) is 14.5. The average molecular weight is 454 g/mol. The molecule has 4 heterocycles. The van der Waals surface area contributed by atoms with Crippen LogP contribution >= 0.6 is 11.8 Å². The van der Waals surface area contributed by atoms with Crippen LogP contribution in [0.5, 0.6) is 0 Å². The van der Waals surface area contributed by atoms with Crippen LogP contribution in [0.2, 0.25) is 0 Å². The minimum absolute atomic E-state index is 0.118. The summed E-state index contributed by atoms with van der Waals surface area (Å²) in [5.74, 6) is 4.31. The molecular weight excluding hydrogens is 422 g/mol. The largest absolute Gasteiger partial charge is 0.464 e. The molecule has 0 unspecified atom stereocenters. The number of hydrogen-bond donors (Lipinski definition) is 2. The van der Waals surface area contributed by atoms with Crippen LogP contribution in [0.4, 0.5) is 5.95 Å². The Morgan fingerprint density at radius 2 is 1.94 bits per heavy atom. The molecule has 3 aromatic heterocycles. The van der Waals surface area contributed by atoms with E-state index in [1.807, 2.05) is 19.1 Å². The van der Waals surface area contributed by atoms with E-state index < -0.39 is 0 Å². The Hall–Kier alpha value is -2.58. The van der Waals surface area contributed by atoms with Crippen LogP contribution in [0.15, 0.2) is 45.9 Å². The molecule has 0 spiro atoms. The second kappa shape index (κ2) is 11.3. The fraction of sp³-hybridized carbons (Fsp3) is 0.458. The van der Waals surface area contributed by atoms with Crippen LogP contribution in [-0.2, 0) is 18.7 Å². The maximum atomic E-state index is 12.4. The molecule has 1 fully saturated rings. The van der Waals surface area contributed by atoms with E-state index in [4.69, 9.17) is 4.42 Å². The summed E-state index contributed by atoms with van der Waals surface area (Å²) in [7, 11) is 0. The fourth-order valence-electron chi connectivity index (χ4n) is 3.80. The molecule has 0 radical (unpaired) electrons. The monoisotopic (exact) mass is 453 g/mol. The number of nitrogens with one attached hydrogen (secondary N) is 2. The van der Waals surface area contributed by atoms with Crippen molar-refractivity contribution in [2.75, 3.05) is 30.7 Å². The summed E-state index contributed by atoms with van der Waals surface area (Å²) in [5, 5.41) is 3.19. The molecule has 1 saturated heterocycles. The fourth-order valence-corrected chi connectivity index (χ4v) is 4.54. The van der Waals surface area contributed by atoms with Crippen LogP contribution in [0, 0.1) is 6.92 Å². The first-order valence-corrected chi connectivity index (χ1v) is 12.4. The van der Waals surface area contributed by atoms with E-state index in [9.17, 15) is 4.79 Å². The second-order valence-corrected chi connectivity index (χ2v) is 9.36. The highest BCUT2D eigenvalue weighted by Crippen LogP contribution is 2.18. The molecule has 1 aliphatic heterocycles. The predicted molar refractivity (Wildman–Crippen MR) is 129 cm³/mol. The minimum atomic E-state index is -0.118.